The number of fused-ring (bicyclic) bond motifs is 2. The normalized spacial score (nSPS) is 12.8. The van der Waals surface area contributed by atoms with Crippen molar-refractivity contribution >= 4 is 48.8 Å². The summed E-state index contributed by atoms with van der Waals surface area (Å²) in [6, 6.07) is 8.81. The van der Waals surface area contributed by atoms with Crippen LogP contribution >= 0.6 is 48.8 Å². The predicted octanol–water partition coefficient (Wildman–Crippen LogP) is 7.57. The van der Waals surface area contributed by atoms with Gasteiger partial charge in [-0.3, -0.25) is 0 Å². The van der Waals surface area contributed by atoms with E-state index in [2.05, 4.69) is 38.1 Å². The van der Waals surface area contributed by atoms with Crippen LogP contribution in [0.15, 0.2) is 53.6 Å². The topological polar surface area (TPSA) is 0 Å². The molecule has 1 heterocycles. The Morgan fingerprint density at radius 3 is 1.50 bits per heavy atom. The molecule has 128 valence electrons. The number of unbranched alkanes of at least 4 members (excludes halogenated alkanes) is 2. The Bertz CT molecular complexity index is 673. The van der Waals surface area contributed by atoms with Gasteiger partial charge in [-0.1, -0.05) is 50.2 Å². The van der Waals surface area contributed by atoms with Crippen LogP contribution in [0.3, 0.4) is 0 Å². The van der Waals surface area contributed by atoms with Gasteiger partial charge in [0.15, 0.2) is 0 Å². The quantitative estimate of drug-likeness (QED) is 0.415. The average molecular weight is 393 g/mol. The fourth-order valence-corrected chi connectivity index (χ4v) is 6.39. The Balaban J connectivity index is 2.00. The van der Waals surface area contributed by atoms with Crippen LogP contribution in [0.4, 0.5) is 0 Å². The smallest absolute Gasteiger partial charge is 0.0305 e. The van der Waals surface area contributed by atoms with Crippen molar-refractivity contribution in [3.8, 4) is 0 Å². The van der Waals surface area contributed by atoms with Crippen LogP contribution in [0.25, 0.3) is 0 Å². The van der Waals surface area contributed by atoms with Crippen LogP contribution in [0.1, 0.15) is 50.7 Å². The van der Waals surface area contributed by atoms with E-state index in [0.717, 1.165) is 22.6 Å². The second-order valence-electron chi connectivity index (χ2n) is 6.19. The van der Waals surface area contributed by atoms with Gasteiger partial charge in [0.1, 0.15) is 0 Å². The van der Waals surface area contributed by atoms with Crippen LogP contribution in [-0.2, 0) is 12.8 Å². The monoisotopic (exact) mass is 392 g/mol. The van der Waals surface area contributed by atoms with Crippen LogP contribution < -0.4 is 0 Å². The minimum atomic E-state index is 1.12. The van der Waals surface area contributed by atoms with Crippen LogP contribution in [0.5, 0.6) is 0 Å². The van der Waals surface area contributed by atoms with Crippen molar-refractivity contribution in [2.45, 2.75) is 81.7 Å². The second kappa shape index (κ2) is 8.48. The highest BCUT2D eigenvalue weighted by molar-refractivity contribution is 8.05. The molecule has 0 fully saturated rings. The summed E-state index contributed by atoms with van der Waals surface area (Å²) in [5, 5.41) is 0. The number of thiol groups is 2. The number of rotatable bonds is 6. The van der Waals surface area contributed by atoms with E-state index in [1.807, 2.05) is 23.5 Å². The fourth-order valence-electron chi connectivity index (χ4n) is 2.99. The molecular weight excluding hydrogens is 368 g/mol. The van der Waals surface area contributed by atoms with Gasteiger partial charge in [0.05, 0.1) is 0 Å². The first-order valence-electron chi connectivity index (χ1n) is 8.71. The van der Waals surface area contributed by atoms with Crippen molar-refractivity contribution in [3.63, 3.8) is 0 Å². The van der Waals surface area contributed by atoms with Gasteiger partial charge in [0.25, 0.3) is 0 Å². The van der Waals surface area contributed by atoms with E-state index in [1.165, 1.54) is 56.4 Å². The van der Waals surface area contributed by atoms with Crippen molar-refractivity contribution in [2.24, 2.45) is 0 Å². The standard InChI is InChI=1S/C20H24S4/c1-3-5-7-13-15(21)9-11-17-19(13)23-18-12-10-16(22)14(8-6-4-2)20(18)24-17/h9-12,21-22H,3-8H2,1-2H3. The largest absolute Gasteiger partial charge is 0.143 e. The average Bonchev–Trinajstić information content (AvgIpc) is 2.59. The molecule has 4 heteroatoms. The maximum Gasteiger partial charge on any atom is 0.0305 e. The predicted molar refractivity (Wildman–Crippen MR) is 113 cm³/mol. The molecule has 0 atom stereocenters. The lowest BCUT2D eigenvalue weighted by atomic mass is 10.1. The van der Waals surface area contributed by atoms with Gasteiger partial charge in [-0.05, 0) is 61.1 Å². The van der Waals surface area contributed by atoms with Crippen molar-refractivity contribution in [3.05, 3.63) is 35.4 Å². The van der Waals surface area contributed by atoms with Gasteiger partial charge in [-0.15, -0.1) is 25.3 Å². The molecule has 0 saturated heterocycles. The Hall–Kier alpha value is -0.160. The highest BCUT2D eigenvalue weighted by Crippen LogP contribution is 2.53. The van der Waals surface area contributed by atoms with E-state index in [1.54, 1.807) is 0 Å². The van der Waals surface area contributed by atoms with Gasteiger partial charge in [0, 0.05) is 29.4 Å². The molecule has 0 nitrogen and oxygen atoms in total. The zero-order chi connectivity index (χ0) is 17.1. The van der Waals surface area contributed by atoms with Crippen LogP contribution in [0.2, 0.25) is 0 Å². The number of benzene rings is 2. The SMILES string of the molecule is CCCCc1c(S)ccc2c1Sc1ccc(S)c(CCCC)c1S2. The molecule has 1 aliphatic rings. The Morgan fingerprint density at radius 1 is 0.708 bits per heavy atom. The molecule has 0 N–H and O–H groups in total. The van der Waals surface area contributed by atoms with Crippen molar-refractivity contribution in [2.75, 3.05) is 0 Å². The first-order valence-corrected chi connectivity index (χ1v) is 11.2. The van der Waals surface area contributed by atoms with Crippen LogP contribution in [-0.4, -0.2) is 0 Å². The van der Waals surface area contributed by atoms with Gasteiger partial charge < -0.3 is 0 Å². The minimum absolute atomic E-state index is 1.12. The van der Waals surface area contributed by atoms with Crippen molar-refractivity contribution in [1.29, 1.82) is 0 Å². The molecule has 0 aromatic heterocycles. The van der Waals surface area contributed by atoms with E-state index >= 15 is 0 Å². The van der Waals surface area contributed by atoms with E-state index < -0.39 is 0 Å². The zero-order valence-corrected chi connectivity index (χ0v) is 17.7. The first-order chi connectivity index (χ1) is 11.7. The third kappa shape index (κ3) is 3.82. The molecule has 3 rings (SSSR count). The molecule has 24 heavy (non-hydrogen) atoms. The summed E-state index contributed by atoms with van der Waals surface area (Å²) >= 11 is 13.3. The Morgan fingerprint density at radius 2 is 1.12 bits per heavy atom. The maximum absolute atomic E-state index is 4.72. The van der Waals surface area contributed by atoms with Crippen molar-refractivity contribution in [1.82, 2.24) is 0 Å². The molecule has 0 amide bonds. The summed E-state index contributed by atoms with van der Waals surface area (Å²) in [6.07, 6.45) is 7.12. The summed E-state index contributed by atoms with van der Waals surface area (Å²) < 4.78 is 0. The van der Waals surface area contributed by atoms with E-state index in [4.69, 9.17) is 25.3 Å². The Labute approximate surface area is 165 Å². The molecule has 2 aromatic carbocycles. The minimum Gasteiger partial charge on any atom is -0.143 e. The summed E-state index contributed by atoms with van der Waals surface area (Å²) in [5.41, 5.74) is 2.84. The van der Waals surface area contributed by atoms with Gasteiger partial charge >= 0.3 is 0 Å². The molecule has 0 aliphatic carbocycles. The summed E-state index contributed by atoms with van der Waals surface area (Å²) in [7, 11) is 0. The van der Waals surface area contributed by atoms with Crippen LogP contribution in [0, 0.1) is 0 Å². The highest BCUT2D eigenvalue weighted by Gasteiger charge is 2.24. The summed E-state index contributed by atoms with van der Waals surface area (Å²) in [4.78, 5) is 7.87. The van der Waals surface area contributed by atoms with E-state index in [9.17, 15) is 0 Å². The van der Waals surface area contributed by atoms with Gasteiger partial charge in [-0.2, -0.15) is 0 Å². The number of hydrogen-bond donors (Lipinski definition) is 2. The highest BCUT2D eigenvalue weighted by atomic mass is 32.2. The second-order valence-corrected chi connectivity index (χ2v) is 9.26. The van der Waals surface area contributed by atoms with E-state index in [-0.39, 0.29) is 0 Å². The third-order valence-electron chi connectivity index (χ3n) is 4.38. The molecule has 0 radical (unpaired) electrons. The molecule has 1 aliphatic heterocycles. The lowest BCUT2D eigenvalue weighted by molar-refractivity contribution is 0.761. The molecule has 2 aromatic rings. The number of hydrogen-bond acceptors (Lipinski definition) is 4. The third-order valence-corrected chi connectivity index (χ3v) is 7.94. The van der Waals surface area contributed by atoms with Gasteiger partial charge in [0.2, 0.25) is 0 Å². The lowest BCUT2D eigenvalue weighted by Gasteiger charge is -2.25. The van der Waals surface area contributed by atoms with E-state index in [0.29, 0.717) is 0 Å². The molecule has 0 unspecified atom stereocenters. The zero-order valence-electron chi connectivity index (χ0n) is 14.3. The first kappa shape index (κ1) is 18.6. The fraction of sp³-hybridized carbons (Fsp3) is 0.400. The maximum atomic E-state index is 4.72. The molecular formula is C20H24S4. The molecule has 0 spiro atoms. The molecule has 0 saturated carbocycles. The van der Waals surface area contributed by atoms with Gasteiger partial charge in [-0.25, -0.2) is 0 Å². The lowest BCUT2D eigenvalue weighted by Crippen LogP contribution is -2.01. The Kier molecular flexibility index (Phi) is 6.58. The van der Waals surface area contributed by atoms with Crippen molar-refractivity contribution < 1.29 is 0 Å². The summed E-state index contributed by atoms with van der Waals surface area (Å²) in [5.74, 6) is 0. The summed E-state index contributed by atoms with van der Waals surface area (Å²) in [6.45, 7) is 4.50. The molecule has 0 bridgehead atoms.